The second kappa shape index (κ2) is 8.38. The average molecular weight is 481 g/mol. The van der Waals surface area contributed by atoms with Crippen molar-refractivity contribution < 1.29 is 29.2 Å². The number of likely N-dealkylation sites (N-methyl/N-ethyl adjacent to an activating group) is 1. The summed E-state index contributed by atoms with van der Waals surface area (Å²) in [5, 5.41) is 25.0. The molecule has 2 bridgehead atoms. The van der Waals surface area contributed by atoms with Crippen molar-refractivity contribution in [1.82, 2.24) is 10.2 Å². The Hall–Kier alpha value is -0.770. The molecule has 0 aromatic rings. The molecule has 2 aliphatic heterocycles. The van der Waals surface area contributed by atoms with Crippen LogP contribution in [-0.4, -0.2) is 95.5 Å². The van der Waals surface area contributed by atoms with E-state index in [9.17, 15) is 15.0 Å². The highest BCUT2D eigenvalue weighted by atomic mass is 16.6. The van der Waals surface area contributed by atoms with E-state index in [2.05, 4.69) is 17.3 Å². The normalized spacial score (nSPS) is 47.6. The van der Waals surface area contributed by atoms with Gasteiger partial charge in [-0.1, -0.05) is 0 Å². The van der Waals surface area contributed by atoms with Gasteiger partial charge >= 0.3 is 5.97 Å². The number of rotatable bonds is 5. The first kappa shape index (κ1) is 24.9. The Morgan fingerprint density at radius 3 is 2.62 bits per heavy atom. The maximum absolute atomic E-state index is 13.0. The van der Waals surface area contributed by atoms with Crippen LogP contribution in [0.1, 0.15) is 66.2 Å². The van der Waals surface area contributed by atoms with E-state index in [1.807, 2.05) is 27.9 Å². The zero-order chi connectivity index (χ0) is 24.6. The molecule has 2 saturated heterocycles. The third-order valence-electron chi connectivity index (χ3n) is 9.84. The highest BCUT2D eigenvalue weighted by Gasteiger charge is 2.78. The van der Waals surface area contributed by atoms with E-state index in [0.29, 0.717) is 12.0 Å². The minimum Gasteiger partial charge on any atom is -0.459 e. The van der Waals surface area contributed by atoms with Gasteiger partial charge in [0.05, 0.1) is 30.0 Å². The largest absolute Gasteiger partial charge is 0.459 e. The fourth-order valence-electron chi connectivity index (χ4n) is 8.73. The Morgan fingerprint density at radius 2 is 1.97 bits per heavy atom. The Balaban J connectivity index is 1.52. The lowest BCUT2D eigenvalue weighted by Crippen LogP contribution is -2.79. The number of piperidine rings is 1. The van der Waals surface area contributed by atoms with Gasteiger partial charge in [-0.15, -0.1) is 0 Å². The standard InChI is InChI=1S/C26H44N2O6/c1-14(29)20(23(31)34-24(2,3)4)27-16-9-10-26(32-6)18-13-15-7-8-17(30)21-19(15)25(26,22(16)33-21)11-12-28(18)5/h14-22,27,29-30H,7-13H2,1-6H3/t14-,15?,16?,17?,18?,19?,20+,21?,22+,25+,26-/m1/s1. The van der Waals surface area contributed by atoms with E-state index < -0.39 is 29.8 Å². The second-order valence-corrected chi connectivity index (χ2v) is 12.6. The predicted octanol–water partition coefficient (Wildman–Crippen LogP) is 1.46. The molecule has 0 aromatic heterocycles. The summed E-state index contributed by atoms with van der Waals surface area (Å²) in [6.45, 7) is 8.11. The van der Waals surface area contributed by atoms with Crippen molar-refractivity contribution in [2.45, 2.75) is 120 Å². The van der Waals surface area contributed by atoms with E-state index >= 15 is 0 Å². The maximum atomic E-state index is 13.0. The third kappa shape index (κ3) is 3.43. The monoisotopic (exact) mass is 480 g/mol. The number of esters is 1. The van der Waals surface area contributed by atoms with Crippen LogP contribution < -0.4 is 5.32 Å². The molecular formula is C26H44N2O6. The third-order valence-corrected chi connectivity index (χ3v) is 9.84. The van der Waals surface area contributed by atoms with Gasteiger partial charge < -0.3 is 29.3 Å². The van der Waals surface area contributed by atoms with Crippen molar-refractivity contribution in [1.29, 1.82) is 0 Å². The van der Waals surface area contributed by atoms with E-state index in [0.717, 1.165) is 45.1 Å². The number of carbonyl (C=O) groups is 1. The van der Waals surface area contributed by atoms with Crippen LogP contribution in [0, 0.1) is 17.3 Å². The number of aliphatic hydroxyl groups is 2. The molecule has 1 spiro atoms. The van der Waals surface area contributed by atoms with E-state index in [-0.39, 0.29) is 35.2 Å². The molecule has 2 heterocycles. The number of methoxy groups -OCH3 is 1. The summed E-state index contributed by atoms with van der Waals surface area (Å²) in [5.41, 5.74) is -1.19. The van der Waals surface area contributed by atoms with Gasteiger partial charge in [-0.05, 0) is 85.7 Å². The summed E-state index contributed by atoms with van der Waals surface area (Å²) in [7, 11) is 4.07. The van der Waals surface area contributed by atoms with Crippen molar-refractivity contribution in [3.8, 4) is 0 Å². The number of aliphatic hydroxyl groups excluding tert-OH is 2. The summed E-state index contributed by atoms with van der Waals surface area (Å²) < 4.78 is 19.0. The molecular weight excluding hydrogens is 436 g/mol. The summed E-state index contributed by atoms with van der Waals surface area (Å²) in [4.78, 5) is 15.5. The lowest BCUT2D eigenvalue weighted by molar-refractivity contribution is -0.269. The summed E-state index contributed by atoms with van der Waals surface area (Å²) in [6.07, 6.45) is 3.72. The fourth-order valence-corrected chi connectivity index (χ4v) is 8.73. The van der Waals surface area contributed by atoms with E-state index in [4.69, 9.17) is 14.2 Å². The maximum Gasteiger partial charge on any atom is 0.326 e. The van der Waals surface area contributed by atoms with Crippen LogP contribution in [0.3, 0.4) is 0 Å². The molecule has 5 fully saturated rings. The number of hydrogen-bond acceptors (Lipinski definition) is 8. The van der Waals surface area contributed by atoms with Crippen LogP contribution in [0.2, 0.25) is 0 Å². The molecule has 3 saturated carbocycles. The second-order valence-electron chi connectivity index (χ2n) is 12.6. The fraction of sp³-hybridized carbons (Fsp3) is 0.962. The van der Waals surface area contributed by atoms with Crippen molar-refractivity contribution in [3.05, 3.63) is 0 Å². The molecule has 5 rings (SSSR count). The van der Waals surface area contributed by atoms with Gasteiger partial charge in [0.1, 0.15) is 11.6 Å². The Kier molecular flexibility index (Phi) is 6.14. The first-order chi connectivity index (χ1) is 15.9. The zero-order valence-corrected chi connectivity index (χ0v) is 21.6. The van der Waals surface area contributed by atoms with Crippen molar-refractivity contribution in [3.63, 3.8) is 0 Å². The first-order valence-corrected chi connectivity index (χ1v) is 13.2. The van der Waals surface area contributed by atoms with E-state index in [1.54, 1.807) is 6.92 Å². The Morgan fingerprint density at radius 1 is 1.24 bits per heavy atom. The van der Waals surface area contributed by atoms with Crippen molar-refractivity contribution in [2.24, 2.45) is 17.3 Å². The van der Waals surface area contributed by atoms with Crippen LogP contribution in [0.5, 0.6) is 0 Å². The number of nitrogens with zero attached hydrogens (tertiary/aromatic N) is 1. The minimum absolute atomic E-state index is 0.129. The van der Waals surface area contributed by atoms with Gasteiger partial charge in [0, 0.05) is 30.5 Å². The van der Waals surface area contributed by atoms with Crippen molar-refractivity contribution in [2.75, 3.05) is 20.7 Å². The van der Waals surface area contributed by atoms with Crippen LogP contribution >= 0.6 is 0 Å². The number of carbonyl (C=O) groups excluding carboxylic acids is 1. The smallest absolute Gasteiger partial charge is 0.326 e. The average Bonchev–Trinajstić information content (AvgIpc) is 3.11. The van der Waals surface area contributed by atoms with E-state index in [1.165, 1.54) is 0 Å². The van der Waals surface area contributed by atoms with Gasteiger partial charge in [0.25, 0.3) is 0 Å². The molecule has 8 heteroatoms. The lowest BCUT2D eigenvalue weighted by Gasteiger charge is -2.69. The molecule has 3 N–H and O–H groups in total. The quantitative estimate of drug-likeness (QED) is 0.509. The summed E-state index contributed by atoms with van der Waals surface area (Å²) >= 11 is 0. The molecule has 8 nitrogen and oxygen atoms in total. The summed E-state index contributed by atoms with van der Waals surface area (Å²) in [5.74, 6) is 0.315. The topological polar surface area (TPSA) is 100 Å². The van der Waals surface area contributed by atoms with Gasteiger partial charge in [-0.25, -0.2) is 0 Å². The highest BCUT2D eigenvalue weighted by Crippen LogP contribution is 2.70. The highest BCUT2D eigenvalue weighted by molar-refractivity contribution is 5.77. The van der Waals surface area contributed by atoms with Gasteiger partial charge in [-0.2, -0.15) is 0 Å². The van der Waals surface area contributed by atoms with Gasteiger partial charge in [-0.3, -0.25) is 10.1 Å². The predicted molar refractivity (Wildman–Crippen MR) is 126 cm³/mol. The molecule has 34 heavy (non-hydrogen) atoms. The molecule has 194 valence electrons. The first-order valence-electron chi connectivity index (χ1n) is 13.2. The number of likely N-dealkylation sites (tertiary alicyclic amines) is 1. The molecule has 6 unspecified atom stereocenters. The van der Waals surface area contributed by atoms with Crippen LogP contribution in [0.15, 0.2) is 0 Å². The van der Waals surface area contributed by atoms with Gasteiger partial charge in [0.2, 0.25) is 0 Å². The minimum atomic E-state index is -0.903. The van der Waals surface area contributed by atoms with Crippen LogP contribution in [0.4, 0.5) is 0 Å². The molecule has 5 aliphatic rings. The SMILES string of the molecule is CO[C@]12CCC(N[C@H](C(=O)OC(C)(C)C)[C@@H](C)O)[C@@H]3OC4C(O)CCC5CC1N(C)CC[C@]32C54. The summed E-state index contributed by atoms with van der Waals surface area (Å²) in [6, 6.07) is -0.642. The lowest BCUT2D eigenvalue weighted by atomic mass is 9.42. The molecule has 0 amide bonds. The van der Waals surface area contributed by atoms with Crippen LogP contribution in [0.25, 0.3) is 0 Å². The number of nitrogens with one attached hydrogen (secondary N) is 1. The van der Waals surface area contributed by atoms with Crippen LogP contribution in [-0.2, 0) is 19.0 Å². The Bertz CT molecular complexity index is 801. The number of ether oxygens (including phenoxy) is 3. The molecule has 11 atom stereocenters. The molecule has 0 aromatic carbocycles. The number of hydrogen-bond donors (Lipinski definition) is 3. The zero-order valence-electron chi connectivity index (χ0n) is 21.6. The molecule has 3 aliphatic carbocycles. The Labute approximate surface area is 203 Å². The van der Waals surface area contributed by atoms with Gasteiger partial charge in [0.15, 0.2) is 0 Å². The molecule has 0 radical (unpaired) electrons. The van der Waals surface area contributed by atoms with Crippen molar-refractivity contribution >= 4 is 5.97 Å².